The number of ether oxygens (including phenoxy) is 2. The average molecular weight is 288 g/mol. The number of benzene rings is 1. The lowest BCUT2D eigenvalue weighted by Gasteiger charge is -2.10. The van der Waals surface area contributed by atoms with Crippen molar-refractivity contribution in [2.24, 2.45) is 0 Å². The largest absolute Gasteiger partial charge is 0.493 e. The highest BCUT2D eigenvalue weighted by atomic mass is 32.1. The molecule has 0 aliphatic rings. The highest BCUT2D eigenvalue weighted by molar-refractivity contribution is 7.21. The minimum absolute atomic E-state index is 0.571. The number of thiazole rings is 1. The number of fused-ring (bicyclic) bond motifs is 1. The molecule has 0 spiro atoms. The maximum atomic E-state index is 6.06. The molecule has 0 saturated carbocycles. The van der Waals surface area contributed by atoms with Gasteiger partial charge in [0.2, 0.25) is 0 Å². The molecule has 2 N–H and O–H groups in total. The zero-order valence-electron chi connectivity index (χ0n) is 11.0. The zero-order valence-corrected chi connectivity index (χ0v) is 11.8. The molecule has 0 atom stereocenters. The van der Waals surface area contributed by atoms with E-state index in [4.69, 9.17) is 15.2 Å². The maximum absolute atomic E-state index is 6.06. The monoisotopic (exact) mass is 288 g/mol. The van der Waals surface area contributed by atoms with Gasteiger partial charge in [-0.3, -0.25) is 0 Å². The lowest BCUT2D eigenvalue weighted by molar-refractivity contribution is 0.355. The van der Waals surface area contributed by atoms with Crippen molar-refractivity contribution in [2.45, 2.75) is 0 Å². The van der Waals surface area contributed by atoms with Crippen LogP contribution in [0.1, 0.15) is 0 Å². The third-order valence-electron chi connectivity index (χ3n) is 2.83. The number of hydrogen-bond acceptors (Lipinski definition) is 7. The fraction of sp³-hybridized carbons (Fsp3) is 0.154. The predicted molar refractivity (Wildman–Crippen MR) is 78.2 cm³/mol. The first-order valence-electron chi connectivity index (χ1n) is 5.82. The Labute approximate surface area is 119 Å². The SMILES string of the molecule is COc1cc(N)c(-c2nc3nccnc3s2)cc1OC. The highest BCUT2D eigenvalue weighted by Gasteiger charge is 2.15. The Morgan fingerprint density at radius 2 is 1.75 bits per heavy atom. The molecule has 6 nitrogen and oxygen atoms in total. The van der Waals surface area contributed by atoms with E-state index < -0.39 is 0 Å². The Balaban J connectivity index is 2.18. The van der Waals surface area contributed by atoms with E-state index in [2.05, 4.69) is 15.0 Å². The number of nitrogens with two attached hydrogens (primary N) is 1. The van der Waals surface area contributed by atoms with Gasteiger partial charge in [0.1, 0.15) is 5.01 Å². The average Bonchev–Trinajstić information content (AvgIpc) is 2.90. The molecule has 0 aliphatic carbocycles. The number of methoxy groups -OCH3 is 2. The molecule has 0 aliphatic heterocycles. The normalized spacial score (nSPS) is 10.7. The summed E-state index contributed by atoms with van der Waals surface area (Å²) < 4.78 is 10.5. The van der Waals surface area contributed by atoms with Crippen molar-refractivity contribution < 1.29 is 9.47 Å². The molecule has 3 aromatic rings. The molecular formula is C13H12N4O2S. The van der Waals surface area contributed by atoms with Gasteiger partial charge in [-0.2, -0.15) is 0 Å². The second-order valence-corrected chi connectivity index (χ2v) is 4.98. The molecular weight excluding hydrogens is 276 g/mol. The van der Waals surface area contributed by atoms with Gasteiger partial charge in [0, 0.05) is 29.7 Å². The molecule has 0 saturated heterocycles. The van der Waals surface area contributed by atoms with Gasteiger partial charge in [0.25, 0.3) is 0 Å². The second-order valence-electron chi connectivity index (χ2n) is 4.00. The Hall–Kier alpha value is -2.41. The lowest BCUT2D eigenvalue weighted by atomic mass is 10.1. The third kappa shape index (κ3) is 2.01. The van der Waals surface area contributed by atoms with Gasteiger partial charge in [-0.05, 0) is 6.07 Å². The fourth-order valence-corrected chi connectivity index (χ4v) is 2.78. The van der Waals surface area contributed by atoms with Gasteiger partial charge in [-0.15, -0.1) is 0 Å². The van der Waals surface area contributed by atoms with E-state index >= 15 is 0 Å². The first kappa shape index (κ1) is 12.6. The third-order valence-corrected chi connectivity index (χ3v) is 3.82. The number of rotatable bonds is 3. The Morgan fingerprint density at radius 1 is 1.05 bits per heavy atom. The Kier molecular flexibility index (Phi) is 3.11. The number of aromatic nitrogens is 3. The van der Waals surface area contributed by atoms with E-state index in [1.54, 1.807) is 32.7 Å². The van der Waals surface area contributed by atoms with Crippen LogP contribution in [-0.4, -0.2) is 29.2 Å². The van der Waals surface area contributed by atoms with Crippen molar-refractivity contribution in [3.8, 4) is 22.1 Å². The van der Waals surface area contributed by atoms with Crippen LogP contribution in [0.25, 0.3) is 21.0 Å². The molecule has 7 heteroatoms. The minimum atomic E-state index is 0.571. The fourth-order valence-electron chi connectivity index (χ4n) is 1.87. The summed E-state index contributed by atoms with van der Waals surface area (Å²) in [7, 11) is 3.15. The number of nitrogen functional groups attached to an aromatic ring is 1. The van der Waals surface area contributed by atoms with E-state index in [1.165, 1.54) is 11.3 Å². The van der Waals surface area contributed by atoms with Crippen LogP contribution in [-0.2, 0) is 0 Å². The van der Waals surface area contributed by atoms with Crippen LogP contribution in [0.2, 0.25) is 0 Å². The smallest absolute Gasteiger partial charge is 0.190 e. The molecule has 2 heterocycles. The number of anilines is 1. The summed E-state index contributed by atoms with van der Waals surface area (Å²) in [5.74, 6) is 1.20. The lowest BCUT2D eigenvalue weighted by Crippen LogP contribution is -1.95. The first-order valence-corrected chi connectivity index (χ1v) is 6.64. The van der Waals surface area contributed by atoms with Crippen molar-refractivity contribution >= 4 is 27.5 Å². The van der Waals surface area contributed by atoms with Crippen LogP contribution in [0, 0.1) is 0 Å². The minimum Gasteiger partial charge on any atom is -0.493 e. The van der Waals surface area contributed by atoms with Crippen LogP contribution in [0.4, 0.5) is 5.69 Å². The standard InChI is InChI=1S/C13H12N4O2S/c1-18-9-5-7(8(14)6-10(9)19-2)12-17-11-13(20-12)16-4-3-15-11/h3-6H,14H2,1-2H3. The van der Waals surface area contributed by atoms with Crippen LogP contribution in [0.15, 0.2) is 24.5 Å². The molecule has 0 bridgehead atoms. The predicted octanol–water partition coefficient (Wildman–Crippen LogP) is 2.35. The molecule has 2 aromatic heterocycles. The van der Waals surface area contributed by atoms with Gasteiger partial charge in [-0.1, -0.05) is 11.3 Å². The van der Waals surface area contributed by atoms with Crippen molar-refractivity contribution in [2.75, 3.05) is 20.0 Å². The van der Waals surface area contributed by atoms with Crippen LogP contribution in [0.3, 0.4) is 0 Å². The molecule has 0 fully saturated rings. The maximum Gasteiger partial charge on any atom is 0.190 e. The van der Waals surface area contributed by atoms with Crippen molar-refractivity contribution in [3.05, 3.63) is 24.5 Å². The summed E-state index contributed by atoms with van der Waals surface area (Å²) in [4.78, 5) is 13.6. The van der Waals surface area contributed by atoms with E-state index in [0.717, 1.165) is 15.4 Å². The van der Waals surface area contributed by atoms with Gasteiger partial charge >= 0.3 is 0 Å². The van der Waals surface area contributed by atoms with E-state index in [1.807, 2.05) is 6.07 Å². The highest BCUT2D eigenvalue weighted by Crippen LogP contribution is 2.39. The quantitative estimate of drug-likeness (QED) is 0.745. The summed E-state index contributed by atoms with van der Waals surface area (Å²) in [5.41, 5.74) is 8.03. The Bertz CT molecular complexity index is 739. The van der Waals surface area contributed by atoms with E-state index in [-0.39, 0.29) is 0 Å². The van der Waals surface area contributed by atoms with Gasteiger partial charge in [0.05, 0.1) is 14.2 Å². The molecule has 0 radical (unpaired) electrons. The van der Waals surface area contributed by atoms with Crippen molar-refractivity contribution in [1.29, 1.82) is 0 Å². The molecule has 0 amide bonds. The van der Waals surface area contributed by atoms with E-state index in [9.17, 15) is 0 Å². The van der Waals surface area contributed by atoms with Crippen LogP contribution < -0.4 is 15.2 Å². The zero-order chi connectivity index (χ0) is 14.1. The summed E-state index contributed by atoms with van der Waals surface area (Å²) in [6.07, 6.45) is 3.26. The second kappa shape index (κ2) is 4.93. The van der Waals surface area contributed by atoms with Gasteiger partial charge < -0.3 is 15.2 Å². The molecule has 1 aromatic carbocycles. The van der Waals surface area contributed by atoms with Crippen LogP contribution in [0.5, 0.6) is 11.5 Å². The first-order chi connectivity index (χ1) is 9.72. The summed E-state index contributed by atoms with van der Waals surface area (Å²) in [5, 5.41) is 0.754. The molecule has 20 heavy (non-hydrogen) atoms. The Morgan fingerprint density at radius 3 is 2.45 bits per heavy atom. The number of hydrogen-bond donors (Lipinski definition) is 1. The summed E-state index contributed by atoms with van der Waals surface area (Å²) in [6.45, 7) is 0. The van der Waals surface area contributed by atoms with E-state index in [0.29, 0.717) is 22.8 Å². The van der Waals surface area contributed by atoms with Gasteiger partial charge in [-0.25, -0.2) is 15.0 Å². The summed E-state index contributed by atoms with van der Waals surface area (Å²) in [6, 6.07) is 3.53. The topological polar surface area (TPSA) is 83.2 Å². The van der Waals surface area contributed by atoms with Gasteiger partial charge in [0.15, 0.2) is 22.0 Å². The molecule has 0 unspecified atom stereocenters. The molecule has 102 valence electrons. The van der Waals surface area contributed by atoms with Crippen LogP contribution >= 0.6 is 11.3 Å². The number of nitrogens with zero attached hydrogens (tertiary/aromatic N) is 3. The van der Waals surface area contributed by atoms with Crippen molar-refractivity contribution in [1.82, 2.24) is 15.0 Å². The van der Waals surface area contributed by atoms with Crippen molar-refractivity contribution in [3.63, 3.8) is 0 Å². The molecule has 3 rings (SSSR count). The summed E-state index contributed by atoms with van der Waals surface area (Å²) >= 11 is 1.44.